The Morgan fingerprint density at radius 1 is 1.52 bits per heavy atom. The lowest BCUT2D eigenvalue weighted by Crippen LogP contribution is -2.50. The maximum atomic E-state index is 12.2. The van der Waals surface area contributed by atoms with Gasteiger partial charge in [-0.25, -0.2) is 0 Å². The van der Waals surface area contributed by atoms with Gasteiger partial charge in [0.2, 0.25) is 0 Å². The van der Waals surface area contributed by atoms with Crippen molar-refractivity contribution in [2.45, 2.75) is 37.8 Å². The van der Waals surface area contributed by atoms with Crippen LogP contribution in [0.1, 0.15) is 32.2 Å². The van der Waals surface area contributed by atoms with Gasteiger partial charge in [-0.05, 0) is 31.9 Å². The first-order valence-electron chi connectivity index (χ1n) is 7.46. The SMILES string of the molecule is CCNC1(C(=O)OC)CCC(n2ncc3ccccc32)C1. The standard InChI is InChI=1S/C16H21N3O2/c1-3-17-16(15(20)21-2)9-8-13(10-16)19-14-7-5-4-6-12(14)11-18-19/h4-7,11,13,17H,3,8-10H2,1-2H3. The van der Waals surface area contributed by atoms with Gasteiger partial charge in [0.25, 0.3) is 0 Å². The number of hydrogen-bond donors (Lipinski definition) is 1. The number of carbonyl (C=O) groups excluding carboxylic acids is 1. The molecule has 1 N–H and O–H groups in total. The van der Waals surface area contributed by atoms with Gasteiger partial charge in [-0.15, -0.1) is 0 Å². The first-order valence-corrected chi connectivity index (χ1v) is 7.46. The molecular formula is C16H21N3O2. The van der Waals surface area contributed by atoms with Crippen molar-refractivity contribution in [3.05, 3.63) is 30.5 Å². The number of nitrogens with zero attached hydrogens (tertiary/aromatic N) is 2. The van der Waals surface area contributed by atoms with Crippen LogP contribution in [-0.4, -0.2) is 34.9 Å². The minimum absolute atomic E-state index is 0.164. The van der Waals surface area contributed by atoms with Gasteiger partial charge >= 0.3 is 5.97 Å². The number of aromatic nitrogens is 2. The molecular weight excluding hydrogens is 266 g/mol. The number of rotatable bonds is 4. The van der Waals surface area contributed by atoms with Crippen molar-refractivity contribution in [2.75, 3.05) is 13.7 Å². The molecule has 3 rings (SSSR count). The summed E-state index contributed by atoms with van der Waals surface area (Å²) < 4.78 is 7.07. The van der Waals surface area contributed by atoms with Gasteiger partial charge < -0.3 is 10.1 Å². The molecule has 1 aliphatic rings. The van der Waals surface area contributed by atoms with Crippen molar-refractivity contribution in [1.82, 2.24) is 15.1 Å². The fourth-order valence-corrected chi connectivity index (χ4v) is 3.46. The summed E-state index contributed by atoms with van der Waals surface area (Å²) in [5.74, 6) is -0.164. The fraction of sp³-hybridized carbons (Fsp3) is 0.500. The molecule has 1 aromatic carbocycles. The molecule has 0 aliphatic heterocycles. The van der Waals surface area contributed by atoms with E-state index in [9.17, 15) is 4.79 Å². The third-order valence-corrected chi connectivity index (χ3v) is 4.43. The van der Waals surface area contributed by atoms with E-state index in [1.165, 1.54) is 7.11 Å². The molecule has 1 saturated carbocycles. The number of esters is 1. The van der Waals surface area contributed by atoms with E-state index < -0.39 is 5.54 Å². The largest absolute Gasteiger partial charge is 0.468 e. The predicted molar refractivity (Wildman–Crippen MR) is 81.0 cm³/mol. The van der Waals surface area contributed by atoms with Crippen LogP contribution >= 0.6 is 0 Å². The molecule has 112 valence electrons. The summed E-state index contributed by atoms with van der Waals surface area (Å²) in [5, 5.41) is 8.99. The summed E-state index contributed by atoms with van der Waals surface area (Å²) in [6.45, 7) is 2.77. The number of para-hydroxylation sites is 1. The Kier molecular flexibility index (Phi) is 3.68. The zero-order chi connectivity index (χ0) is 14.9. The van der Waals surface area contributed by atoms with Crippen molar-refractivity contribution in [3.63, 3.8) is 0 Å². The fourth-order valence-electron chi connectivity index (χ4n) is 3.46. The van der Waals surface area contributed by atoms with Gasteiger partial charge in [-0.3, -0.25) is 9.48 Å². The number of benzene rings is 1. The Morgan fingerprint density at radius 2 is 2.33 bits per heavy atom. The second-order valence-electron chi connectivity index (χ2n) is 5.65. The molecule has 0 amide bonds. The third-order valence-electron chi connectivity index (χ3n) is 4.43. The minimum Gasteiger partial charge on any atom is -0.468 e. The molecule has 2 atom stereocenters. The highest BCUT2D eigenvalue weighted by Crippen LogP contribution is 2.39. The van der Waals surface area contributed by atoms with E-state index >= 15 is 0 Å². The van der Waals surface area contributed by atoms with Crippen LogP contribution in [0, 0.1) is 0 Å². The van der Waals surface area contributed by atoms with E-state index in [1.807, 2.05) is 25.3 Å². The van der Waals surface area contributed by atoms with Crippen LogP contribution in [0.4, 0.5) is 0 Å². The van der Waals surface area contributed by atoms with E-state index in [-0.39, 0.29) is 12.0 Å². The van der Waals surface area contributed by atoms with Crippen molar-refractivity contribution < 1.29 is 9.53 Å². The van der Waals surface area contributed by atoms with Crippen molar-refractivity contribution >= 4 is 16.9 Å². The highest BCUT2D eigenvalue weighted by molar-refractivity contribution is 5.82. The predicted octanol–water partition coefficient (Wildman–Crippen LogP) is 2.28. The Labute approximate surface area is 124 Å². The summed E-state index contributed by atoms with van der Waals surface area (Å²) in [5.41, 5.74) is 0.556. The summed E-state index contributed by atoms with van der Waals surface area (Å²) in [6.07, 6.45) is 4.32. The second kappa shape index (κ2) is 5.48. The van der Waals surface area contributed by atoms with Crippen LogP contribution in [-0.2, 0) is 9.53 Å². The molecule has 21 heavy (non-hydrogen) atoms. The van der Waals surface area contributed by atoms with Crippen LogP contribution in [0.2, 0.25) is 0 Å². The Hall–Kier alpha value is -1.88. The molecule has 0 radical (unpaired) electrons. The number of likely N-dealkylation sites (N-methyl/N-ethyl adjacent to an activating group) is 1. The van der Waals surface area contributed by atoms with Crippen LogP contribution in [0.5, 0.6) is 0 Å². The number of fused-ring (bicyclic) bond motifs is 1. The average Bonchev–Trinajstić information content (AvgIpc) is 3.11. The summed E-state index contributed by atoms with van der Waals surface area (Å²) in [7, 11) is 1.46. The quantitative estimate of drug-likeness (QED) is 0.877. The van der Waals surface area contributed by atoms with Gasteiger partial charge in [0.05, 0.1) is 24.9 Å². The Morgan fingerprint density at radius 3 is 3.10 bits per heavy atom. The smallest absolute Gasteiger partial charge is 0.326 e. The third kappa shape index (κ3) is 2.31. The molecule has 0 bridgehead atoms. The van der Waals surface area contributed by atoms with Crippen LogP contribution in [0.3, 0.4) is 0 Å². The van der Waals surface area contributed by atoms with Crippen LogP contribution in [0.15, 0.2) is 30.5 Å². The molecule has 5 heteroatoms. The number of methoxy groups -OCH3 is 1. The van der Waals surface area contributed by atoms with E-state index in [1.54, 1.807) is 0 Å². The van der Waals surface area contributed by atoms with Gasteiger partial charge in [0, 0.05) is 5.39 Å². The highest BCUT2D eigenvalue weighted by Gasteiger charge is 2.46. The average molecular weight is 287 g/mol. The number of carbonyl (C=O) groups is 1. The van der Waals surface area contributed by atoms with Crippen molar-refractivity contribution in [3.8, 4) is 0 Å². The maximum Gasteiger partial charge on any atom is 0.326 e. The minimum atomic E-state index is -0.568. The number of ether oxygens (including phenoxy) is 1. The molecule has 2 aromatic rings. The maximum absolute atomic E-state index is 12.2. The molecule has 2 unspecified atom stereocenters. The lowest BCUT2D eigenvalue weighted by atomic mass is 9.97. The topological polar surface area (TPSA) is 56.1 Å². The van der Waals surface area contributed by atoms with Crippen molar-refractivity contribution in [1.29, 1.82) is 0 Å². The first-order chi connectivity index (χ1) is 10.2. The summed E-state index contributed by atoms with van der Waals surface area (Å²) in [4.78, 5) is 12.2. The van der Waals surface area contributed by atoms with Gasteiger partial charge in [0.1, 0.15) is 5.54 Å². The molecule has 0 spiro atoms. The van der Waals surface area contributed by atoms with Gasteiger partial charge in [-0.2, -0.15) is 5.10 Å². The van der Waals surface area contributed by atoms with Crippen LogP contribution in [0.25, 0.3) is 10.9 Å². The monoisotopic (exact) mass is 287 g/mol. The molecule has 1 fully saturated rings. The lowest BCUT2D eigenvalue weighted by Gasteiger charge is -2.27. The Bertz CT molecular complexity index is 652. The molecule has 1 aromatic heterocycles. The lowest BCUT2D eigenvalue weighted by molar-refractivity contribution is -0.148. The zero-order valence-corrected chi connectivity index (χ0v) is 12.5. The highest BCUT2D eigenvalue weighted by atomic mass is 16.5. The first kappa shape index (κ1) is 14.1. The van der Waals surface area contributed by atoms with Gasteiger partial charge in [-0.1, -0.05) is 25.1 Å². The zero-order valence-electron chi connectivity index (χ0n) is 12.5. The number of nitrogens with one attached hydrogen (secondary N) is 1. The molecule has 1 aliphatic carbocycles. The Balaban J connectivity index is 1.90. The van der Waals surface area contributed by atoms with E-state index in [0.717, 1.165) is 36.7 Å². The van der Waals surface area contributed by atoms with Crippen molar-refractivity contribution in [2.24, 2.45) is 0 Å². The van der Waals surface area contributed by atoms with E-state index in [2.05, 4.69) is 27.2 Å². The molecule has 5 nitrogen and oxygen atoms in total. The molecule has 1 heterocycles. The molecule has 0 saturated heterocycles. The summed E-state index contributed by atoms with van der Waals surface area (Å²) in [6, 6.07) is 8.40. The van der Waals surface area contributed by atoms with Gasteiger partial charge in [0.15, 0.2) is 0 Å². The van der Waals surface area contributed by atoms with E-state index in [4.69, 9.17) is 4.74 Å². The van der Waals surface area contributed by atoms with Crippen LogP contribution < -0.4 is 5.32 Å². The summed E-state index contributed by atoms with van der Waals surface area (Å²) >= 11 is 0. The van der Waals surface area contributed by atoms with E-state index in [0.29, 0.717) is 0 Å². The normalized spacial score (nSPS) is 25.3. The number of hydrogen-bond acceptors (Lipinski definition) is 4. The second-order valence-corrected chi connectivity index (χ2v) is 5.65.